The van der Waals surface area contributed by atoms with E-state index in [2.05, 4.69) is 34.3 Å². The summed E-state index contributed by atoms with van der Waals surface area (Å²) in [6.45, 7) is 8.43. The Bertz CT molecular complexity index is 458. The van der Waals surface area contributed by atoms with Crippen LogP contribution in [0.1, 0.15) is 11.1 Å². The summed E-state index contributed by atoms with van der Waals surface area (Å²) in [5.74, 6) is 0. The van der Waals surface area contributed by atoms with Crippen LogP contribution < -0.4 is 10.2 Å². The van der Waals surface area contributed by atoms with E-state index >= 15 is 0 Å². The average molecular weight is 258 g/mol. The monoisotopic (exact) mass is 258 g/mol. The van der Waals surface area contributed by atoms with Crippen LogP contribution in [0.25, 0.3) is 0 Å². The zero-order chi connectivity index (χ0) is 13.7. The number of aryl methyl sites for hydroxylation is 1. The molecule has 0 aromatic heterocycles. The summed E-state index contributed by atoms with van der Waals surface area (Å²) in [6.07, 6.45) is 0. The molecule has 1 fully saturated rings. The van der Waals surface area contributed by atoms with Crippen molar-refractivity contribution in [2.24, 2.45) is 0 Å². The van der Waals surface area contributed by atoms with Crippen LogP contribution in [-0.4, -0.2) is 51.2 Å². The van der Waals surface area contributed by atoms with E-state index in [0.717, 1.165) is 56.1 Å². The molecule has 0 radical (unpaired) electrons. The maximum atomic E-state index is 9.21. The molecular formula is C15H22N4. The van der Waals surface area contributed by atoms with E-state index in [1.54, 1.807) is 0 Å². The van der Waals surface area contributed by atoms with Gasteiger partial charge in [0.15, 0.2) is 0 Å². The van der Waals surface area contributed by atoms with Crippen molar-refractivity contribution in [1.82, 2.24) is 10.2 Å². The van der Waals surface area contributed by atoms with Crippen molar-refractivity contribution in [3.8, 4) is 6.07 Å². The first-order valence-electron chi connectivity index (χ1n) is 6.85. The number of hydrogen-bond acceptors (Lipinski definition) is 4. The van der Waals surface area contributed by atoms with Gasteiger partial charge in [-0.2, -0.15) is 5.26 Å². The molecule has 1 saturated heterocycles. The zero-order valence-electron chi connectivity index (χ0n) is 11.8. The Morgan fingerprint density at radius 3 is 2.79 bits per heavy atom. The van der Waals surface area contributed by atoms with Crippen LogP contribution in [0.3, 0.4) is 0 Å². The Balaban J connectivity index is 1.95. The lowest BCUT2D eigenvalue weighted by molar-refractivity contribution is 0.246. The highest BCUT2D eigenvalue weighted by molar-refractivity contribution is 5.59. The first-order chi connectivity index (χ1) is 9.20. The minimum atomic E-state index is 0.766. The third-order valence-electron chi connectivity index (χ3n) is 3.65. The molecule has 102 valence electrons. The third-order valence-corrected chi connectivity index (χ3v) is 3.65. The molecule has 1 aromatic carbocycles. The third kappa shape index (κ3) is 3.69. The standard InChI is InChI=1S/C15H22N4/c1-13-3-4-15(14(11-13)12-16)18(2)9-10-19-7-5-17-6-8-19/h3-4,11,17H,5-10H2,1-2H3. The molecule has 0 atom stereocenters. The van der Waals surface area contributed by atoms with Crippen molar-refractivity contribution >= 4 is 5.69 Å². The van der Waals surface area contributed by atoms with Gasteiger partial charge in [-0.1, -0.05) is 6.07 Å². The van der Waals surface area contributed by atoms with Crippen LogP contribution in [-0.2, 0) is 0 Å². The minimum Gasteiger partial charge on any atom is -0.372 e. The zero-order valence-corrected chi connectivity index (χ0v) is 11.8. The van der Waals surface area contributed by atoms with E-state index < -0.39 is 0 Å². The van der Waals surface area contributed by atoms with Crippen LogP contribution in [0.5, 0.6) is 0 Å². The minimum absolute atomic E-state index is 0.766. The quantitative estimate of drug-likeness (QED) is 0.881. The van der Waals surface area contributed by atoms with Gasteiger partial charge in [0.25, 0.3) is 0 Å². The fourth-order valence-electron chi connectivity index (χ4n) is 2.42. The number of likely N-dealkylation sites (N-methyl/N-ethyl adjacent to an activating group) is 1. The Hall–Kier alpha value is -1.57. The van der Waals surface area contributed by atoms with Gasteiger partial charge >= 0.3 is 0 Å². The molecule has 4 nitrogen and oxygen atoms in total. The Labute approximate surface area is 115 Å². The van der Waals surface area contributed by atoms with Crippen molar-refractivity contribution in [2.75, 3.05) is 51.2 Å². The second-order valence-corrected chi connectivity index (χ2v) is 5.15. The predicted molar refractivity (Wildman–Crippen MR) is 78.5 cm³/mol. The molecule has 1 aliphatic heterocycles. The Morgan fingerprint density at radius 2 is 2.11 bits per heavy atom. The number of nitrogens with one attached hydrogen (secondary N) is 1. The number of benzene rings is 1. The molecule has 0 amide bonds. The van der Waals surface area contributed by atoms with Crippen LogP contribution in [0, 0.1) is 18.3 Å². The van der Waals surface area contributed by atoms with Gasteiger partial charge in [0.2, 0.25) is 0 Å². The van der Waals surface area contributed by atoms with Gasteiger partial charge in [-0.3, -0.25) is 4.90 Å². The first kappa shape index (κ1) is 13.9. The van der Waals surface area contributed by atoms with Crippen LogP contribution in [0.15, 0.2) is 18.2 Å². The largest absolute Gasteiger partial charge is 0.372 e. The van der Waals surface area contributed by atoms with E-state index in [0.29, 0.717) is 0 Å². The summed E-state index contributed by atoms with van der Waals surface area (Å²) in [4.78, 5) is 4.65. The van der Waals surface area contributed by atoms with Crippen molar-refractivity contribution < 1.29 is 0 Å². The molecule has 1 N–H and O–H groups in total. The SMILES string of the molecule is Cc1ccc(N(C)CCN2CCNCC2)c(C#N)c1. The Morgan fingerprint density at radius 1 is 1.37 bits per heavy atom. The lowest BCUT2D eigenvalue weighted by Gasteiger charge is -2.30. The molecular weight excluding hydrogens is 236 g/mol. The number of rotatable bonds is 4. The van der Waals surface area contributed by atoms with E-state index in [1.165, 1.54) is 0 Å². The summed E-state index contributed by atoms with van der Waals surface area (Å²) in [6, 6.07) is 8.36. The van der Waals surface area contributed by atoms with Crippen LogP contribution in [0.2, 0.25) is 0 Å². The van der Waals surface area contributed by atoms with Crippen molar-refractivity contribution in [3.63, 3.8) is 0 Å². The van der Waals surface area contributed by atoms with Gasteiger partial charge in [0.05, 0.1) is 11.3 Å². The van der Waals surface area contributed by atoms with Gasteiger partial charge in [-0.05, 0) is 24.6 Å². The molecule has 0 aliphatic carbocycles. The highest BCUT2D eigenvalue weighted by atomic mass is 15.2. The van der Waals surface area contributed by atoms with Gasteiger partial charge in [-0.15, -0.1) is 0 Å². The fraction of sp³-hybridized carbons (Fsp3) is 0.533. The topological polar surface area (TPSA) is 42.3 Å². The van der Waals surface area contributed by atoms with Gasteiger partial charge in [-0.25, -0.2) is 0 Å². The lowest BCUT2D eigenvalue weighted by Crippen LogP contribution is -2.46. The van der Waals surface area contributed by atoms with E-state index in [9.17, 15) is 5.26 Å². The number of hydrogen-bond donors (Lipinski definition) is 1. The van der Waals surface area contributed by atoms with E-state index in [-0.39, 0.29) is 0 Å². The first-order valence-corrected chi connectivity index (χ1v) is 6.85. The molecule has 0 spiro atoms. The van der Waals surface area contributed by atoms with Crippen LogP contribution in [0.4, 0.5) is 5.69 Å². The molecule has 0 bridgehead atoms. The maximum Gasteiger partial charge on any atom is 0.101 e. The molecule has 0 unspecified atom stereocenters. The van der Waals surface area contributed by atoms with Crippen molar-refractivity contribution in [3.05, 3.63) is 29.3 Å². The number of anilines is 1. The second-order valence-electron chi connectivity index (χ2n) is 5.15. The number of nitriles is 1. The van der Waals surface area contributed by atoms with Crippen molar-refractivity contribution in [1.29, 1.82) is 5.26 Å². The van der Waals surface area contributed by atoms with E-state index in [1.807, 2.05) is 19.1 Å². The highest BCUT2D eigenvalue weighted by Gasteiger charge is 2.12. The molecule has 1 aliphatic rings. The second kappa shape index (κ2) is 6.55. The van der Waals surface area contributed by atoms with Crippen molar-refractivity contribution in [2.45, 2.75) is 6.92 Å². The molecule has 2 rings (SSSR count). The summed E-state index contributed by atoms with van der Waals surface area (Å²) in [5.41, 5.74) is 2.93. The number of nitrogens with zero attached hydrogens (tertiary/aromatic N) is 3. The average Bonchev–Trinajstić information content (AvgIpc) is 2.45. The smallest absolute Gasteiger partial charge is 0.101 e. The maximum absolute atomic E-state index is 9.21. The van der Waals surface area contributed by atoms with Gasteiger partial charge in [0, 0.05) is 46.3 Å². The van der Waals surface area contributed by atoms with Gasteiger partial charge in [0.1, 0.15) is 6.07 Å². The molecule has 4 heteroatoms. The summed E-state index contributed by atoms with van der Waals surface area (Å²) >= 11 is 0. The van der Waals surface area contributed by atoms with Crippen LogP contribution >= 0.6 is 0 Å². The molecule has 1 heterocycles. The molecule has 0 saturated carbocycles. The highest BCUT2D eigenvalue weighted by Crippen LogP contribution is 2.19. The predicted octanol–water partition coefficient (Wildman–Crippen LogP) is 1.21. The lowest BCUT2D eigenvalue weighted by atomic mass is 10.1. The summed E-state index contributed by atoms with van der Waals surface area (Å²) in [5, 5.41) is 12.6. The van der Waals surface area contributed by atoms with Gasteiger partial charge < -0.3 is 10.2 Å². The molecule has 19 heavy (non-hydrogen) atoms. The summed E-state index contributed by atoms with van der Waals surface area (Å²) in [7, 11) is 2.06. The normalized spacial score (nSPS) is 16.1. The van der Waals surface area contributed by atoms with E-state index in [4.69, 9.17) is 0 Å². The summed E-state index contributed by atoms with van der Waals surface area (Å²) < 4.78 is 0. The Kier molecular flexibility index (Phi) is 4.78. The molecule has 1 aromatic rings. The number of piperazine rings is 1. The fourth-order valence-corrected chi connectivity index (χ4v) is 2.42.